The van der Waals surface area contributed by atoms with Crippen LogP contribution in [0, 0.1) is 11.8 Å². The third kappa shape index (κ3) is 2.82. The van der Waals surface area contributed by atoms with Gasteiger partial charge in [0.05, 0.1) is 0 Å². The molecule has 0 aliphatic heterocycles. The first kappa shape index (κ1) is 19.0. The number of hydrogen-bond donors (Lipinski definition) is 0. The predicted octanol–water partition coefficient (Wildman–Crippen LogP) is 7.39. The predicted molar refractivity (Wildman–Crippen MR) is 120 cm³/mol. The molecule has 0 radical (unpaired) electrons. The molecule has 1 fully saturated rings. The summed E-state index contributed by atoms with van der Waals surface area (Å²) in [5.41, 5.74) is 4.46. The van der Waals surface area contributed by atoms with Crippen LogP contribution in [0.3, 0.4) is 0 Å². The molecule has 0 amide bonds. The van der Waals surface area contributed by atoms with Gasteiger partial charge < -0.3 is 0 Å². The summed E-state index contributed by atoms with van der Waals surface area (Å²) in [7, 11) is 0. The average Bonchev–Trinajstić information content (AvgIpc) is 2.75. The summed E-state index contributed by atoms with van der Waals surface area (Å²) in [4.78, 5) is 0. The Morgan fingerprint density at radius 2 is 1.11 bits per heavy atom. The SMILES string of the molecule is CC1CCC(c2ccccc2)(C(C)C)C(c2ccccc2)(c2ccccc2)C1. The molecule has 0 heterocycles. The van der Waals surface area contributed by atoms with Crippen LogP contribution in [0.5, 0.6) is 0 Å². The summed E-state index contributed by atoms with van der Waals surface area (Å²) in [6, 6.07) is 34.0. The lowest BCUT2D eigenvalue weighted by Gasteiger charge is -2.59. The minimum absolute atomic E-state index is 0.0251. The molecule has 28 heavy (non-hydrogen) atoms. The monoisotopic (exact) mass is 368 g/mol. The van der Waals surface area contributed by atoms with Crippen LogP contribution in [0.25, 0.3) is 0 Å². The summed E-state index contributed by atoms with van der Waals surface area (Å²) in [6.07, 6.45) is 3.70. The van der Waals surface area contributed by atoms with Crippen LogP contribution in [-0.2, 0) is 10.8 Å². The maximum Gasteiger partial charge on any atom is 0.0304 e. The molecule has 0 aromatic heterocycles. The molecular weight excluding hydrogens is 336 g/mol. The van der Waals surface area contributed by atoms with Gasteiger partial charge >= 0.3 is 0 Å². The van der Waals surface area contributed by atoms with Gasteiger partial charge in [-0.05, 0) is 47.8 Å². The number of benzene rings is 3. The second-order valence-electron chi connectivity index (χ2n) is 8.98. The normalized spacial score (nSPS) is 24.2. The van der Waals surface area contributed by atoms with Gasteiger partial charge in [-0.1, -0.05) is 112 Å². The van der Waals surface area contributed by atoms with E-state index in [4.69, 9.17) is 0 Å². The van der Waals surface area contributed by atoms with Crippen molar-refractivity contribution in [1.82, 2.24) is 0 Å². The van der Waals surface area contributed by atoms with Crippen molar-refractivity contribution in [2.45, 2.75) is 50.9 Å². The Bertz CT molecular complexity index is 840. The minimum atomic E-state index is -0.0251. The van der Waals surface area contributed by atoms with Gasteiger partial charge in [-0.3, -0.25) is 0 Å². The molecule has 144 valence electrons. The molecule has 2 atom stereocenters. The lowest BCUT2D eigenvalue weighted by atomic mass is 9.44. The third-order valence-electron chi connectivity index (χ3n) is 7.26. The summed E-state index contributed by atoms with van der Waals surface area (Å²) in [5.74, 6) is 1.24. The Labute approximate surface area is 170 Å². The molecule has 0 nitrogen and oxygen atoms in total. The van der Waals surface area contributed by atoms with Crippen LogP contribution in [0.2, 0.25) is 0 Å². The van der Waals surface area contributed by atoms with E-state index in [1.54, 1.807) is 0 Å². The molecule has 0 bridgehead atoms. The smallest absolute Gasteiger partial charge is 0.0304 e. The highest BCUT2D eigenvalue weighted by molar-refractivity contribution is 5.50. The zero-order valence-corrected chi connectivity index (χ0v) is 17.4. The van der Waals surface area contributed by atoms with Crippen molar-refractivity contribution in [2.24, 2.45) is 11.8 Å². The van der Waals surface area contributed by atoms with Crippen molar-refractivity contribution in [1.29, 1.82) is 0 Å². The second-order valence-corrected chi connectivity index (χ2v) is 8.98. The van der Waals surface area contributed by atoms with Crippen molar-refractivity contribution in [3.8, 4) is 0 Å². The Balaban J connectivity index is 2.10. The standard InChI is InChI=1S/C28H32/c1-22(2)27(24-13-7-4-8-14-24)20-19-23(3)21-28(27,25-15-9-5-10-16-25)26-17-11-6-12-18-26/h4-18,22-23H,19-21H2,1-3H3. The van der Waals surface area contributed by atoms with Gasteiger partial charge in [0.25, 0.3) is 0 Å². The highest BCUT2D eigenvalue weighted by Gasteiger charge is 2.57. The summed E-state index contributed by atoms with van der Waals surface area (Å²) >= 11 is 0. The van der Waals surface area contributed by atoms with Gasteiger partial charge in [-0.25, -0.2) is 0 Å². The Hall–Kier alpha value is -2.34. The van der Waals surface area contributed by atoms with Crippen molar-refractivity contribution in [2.75, 3.05) is 0 Å². The fourth-order valence-electron chi connectivity index (χ4n) is 6.10. The van der Waals surface area contributed by atoms with Gasteiger partial charge in [0, 0.05) is 10.8 Å². The Kier molecular flexibility index (Phi) is 5.15. The van der Waals surface area contributed by atoms with Crippen LogP contribution >= 0.6 is 0 Å². The fourth-order valence-corrected chi connectivity index (χ4v) is 6.10. The van der Waals surface area contributed by atoms with Crippen molar-refractivity contribution < 1.29 is 0 Å². The van der Waals surface area contributed by atoms with Crippen LogP contribution in [0.1, 0.15) is 56.7 Å². The zero-order chi connectivity index (χ0) is 19.6. The first-order chi connectivity index (χ1) is 13.6. The molecule has 0 spiro atoms. The van der Waals surface area contributed by atoms with E-state index in [1.165, 1.54) is 36.0 Å². The van der Waals surface area contributed by atoms with Gasteiger partial charge in [0.2, 0.25) is 0 Å². The summed E-state index contributed by atoms with van der Waals surface area (Å²) in [5, 5.41) is 0. The molecule has 3 aromatic rings. The van der Waals surface area contributed by atoms with E-state index >= 15 is 0 Å². The minimum Gasteiger partial charge on any atom is -0.0625 e. The topological polar surface area (TPSA) is 0 Å². The van der Waals surface area contributed by atoms with Crippen LogP contribution < -0.4 is 0 Å². The van der Waals surface area contributed by atoms with Crippen LogP contribution in [-0.4, -0.2) is 0 Å². The van der Waals surface area contributed by atoms with E-state index in [1.807, 2.05) is 0 Å². The molecule has 0 saturated heterocycles. The van der Waals surface area contributed by atoms with Crippen molar-refractivity contribution in [3.05, 3.63) is 108 Å². The van der Waals surface area contributed by atoms with E-state index < -0.39 is 0 Å². The summed E-state index contributed by atoms with van der Waals surface area (Å²) in [6.45, 7) is 7.31. The van der Waals surface area contributed by atoms with E-state index in [0.29, 0.717) is 11.8 Å². The van der Waals surface area contributed by atoms with E-state index in [0.717, 1.165) is 0 Å². The molecule has 1 saturated carbocycles. The van der Waals surface area contributed by atoms with Gasteiger partial charge in [0.1, 0.15) is 0 Å². The lowest BCUT2D eigenvalue weighted by molar-refractivity contribution is 0.0893. The fraction of sp³-hybridized carbons (Fsp3) is 0.357. The molecular formula is C28H32. The molecule has 1 aliphatic rings. The third-order valence-corrected chi connectivity index (χ3v) is 7.26. The molecule has 2 unspecified atom stereocenters. The quantitative estimate of drug-likeness (QED) is 0.450. The molecule has 3 aromatic carbocycles. The highest BCUT2D eigenvalue weighted by atomic mass is 14.6. The van der Waals surface area contributed by atoms with E-state index in [-0.39, 0.29) is 10.8 Å². The average molecular weight is 369 g/mol. The molecule has 4 rings (SSSR count). The Morgan fingerprint density at radius 3 is 1.54 bits per heavy atom. The number of rotatable bonds is 4. The van der Waals surface area contributed by atoms with Gasteiger partial charge in [-0.2, -0.15) is 0 Å². The van der Waals surface area contributed by atoms with Crippen LogP contribution in [0.15, 0.2) is 91.0 Å². The maximum absolute atomic E-state index is 2.44. The van der Waals surface area contributed by atoms with Crippen LogP contribution in [0.4, 0.5) is 0 Å². The number of hydrogen-bond acceptors (Lipinski definition) is 0. The Morgan fingerprint density at radius 1 is 0.679 bits per heavy atom. The lowest BCUT2D eigenvalue weighted by Crippen LogP contribution is -2.56. The van der Waals surface area contributed by atoms with Crippen molar-refractivity contribution >= 4 is 0 Å². The molecule has 0 N–H and O–H groups in total. The first-order valence-electron chi connectivity index (χ1n) is 10.8. The molecule has 0 heteroatoms. The largest absolute Gasteiger partial charge is 0.0625 e. The second kappa shape index (κ2) is 7.59. The molecule has 1 aliphatic carbocycles. The van der Waals surface area contributed by atoms with E-state index in [9.17, 15) is 0 Å². The van der Waals surface area contributed by atoms with Crippen molar-refractivity contribution in [3.63, 3.8) is 0 Å². The zero-order valence-electron chi connectivity index (χ0n) is 17.4. The maximum atomic E-state index is 2.44. The highest BCUT2D eigenvalue weighted by Crippen LogP contribution is 2.61. The summed E-state index contributed by atoms with van der Waals surface area (Å²) < 4.78 is 0. The van der Waals surface area contributed by atoms with Gasteiger partial charge in [-0.15, -0.1) is 0 Å². The van der Waals surface area contributed by atoms with E-state index in [2.05, 4.69) is 112 Å². The van der Waals surface area contributed by atoms with Gasteiger partial charge in [0.15, 0.2) is 0 Å². The first-order valence-corrected chi connectivity index (χ1v) is 10.8.